The maximum absolute atomic E-state index is 11.9. The van der Waals surface area contributed by atoms with Crippen molar-refractivity contribution in [3.8, 4) is 0 Å². The number of nitrogens with zero attached hydrogens (tertiary/aromatic N) is 1. The standard InChI is InChI=1S/C14H28N2O3/c1-4-19-13(17)14(2,15-3)7-5-6-8-16-9-11-18-12-10-16/h15H,4-12H2,1-3H3. The molecule has 0 saturated carbocycles. The zero-order valence-corrected chi connectivity index (χ0v) is 12.5. The van der Waals surface area contributed by atoms with Crippen LogP contribution in [0.4, 0.5) is 0 Å². The number of unbranched alkanes of at least 4 members (excludes halogenated alkanes) is 1. The van der Waals surface area contributed by atoms with Crippen LogP contribution in [-0.2, 0) is 14.3 Å². The van der Waals surface area contributed by atoms with E-state index in [1.54, 1.807) is 0 Å². The second-order valence-corrected chi connectivity index (χ2v) is 5.21. The summed E-state index contributed by atoms with van der Waals surface area (Å²) in [5.41, 5.74) is -0.555. The Kier molecular flexibility index (Phi) is 7.34. The van der Waals surface area contributed by atoms with E-state index >= 15 is 0 Å². The summed E-state index contributed by atoms with van der Waals surface area (Å²) in [6.07, 6.45) is 2.94. The summed E-state index contributed by atoms with van der Waals surface area (Å²) in [5, 5.41) is 3.09. The van der Waals surface area contributed by atoms with Crippen molar-refractivity contribution in [2.45, 2.75) is 38.6 Å². The summed E-state index contributed by atoms with van der Waals surface area (Å²) in [4.78, 5) is 14.3. The van der Waals surface area contributed by atoms with Crippen LogP contribution in [0.5, 0.6) is 0 Å². The molecule has 0 aromatic rings. The lowest BCUT2D eigenvalue weighted by Crippen LogP contribution is -2.48. The van der Waals surface area contributed by atoms with Gasteiger partial charge in [-0.3, -0.25) is 9.69 Å². The molecule has 1 unspecified atom stereocenters. The molecule has 19 heavy (non-hydrogen) atoms. The highest BCUT2D eigenvalue weighted by Gasteiger charge is 2.32. The highest BCUT2D eigenvalue weighted by atomic mass is 16.5. The van der Waals surface area contributed by atoms with Crippen molar-refractivity contribution in [1.82, 2.24) is 10.2 Å². The number of rotatable bonds is 8. The van der Waals surface area contributed by atoms with E-state index in [9.17, 15) is 4.79 Å². The van der Waals surface area contributed by atoms with Crippen molar-refractivity contribution in [3.63, 3.8) is 0 Å². The Morgan fingerprint density at radius 2 is 2.05 bits per heavy atom. The fourth-order valence-electron chi connectivity index (χ4n) is 2.26. The Morgan fingerprint density at radius 3 is 2.63 bits per heavy atom. The van der Waals surface area contributed by atoms with Gasteiger partial charge in [0.2, 0.25) is 0 Å². The van der Waals surface area contributed by atoms with Crippen LogP contribution in [0.15, 0.2) is 0 Å². The van der Waals surface area contributed by atoms with Crippen LogP contribution in [-0.4, -0.2) is 62.9 Å². The van der Waals surface area contributed by atoms with Crippen molar-refractivity contribution in [1.29, 1.82) is 0 Å². The third-order valence-corrected chi connectivity index (χ3v) is 3.78. The average molecular weight is 272 g/mol. The number of ether oxygens (including phenoxy) is 2. The third kappa shape index (κ3) is 5.47. The van der Waals surface area contributed by atoms with Gasteiger partial charge in [0.15, 0.2) is 0 Å². The first-order valence-corrected chi connectivity index (χ1v) is 7.28. The van der Waals surface area contributed by atoms with E-state index in [1.165, 1.54) is 0 Å². The van der Waals surface area contributed by atoms with E-state index in [0.717, 1.165) is 52.1 Å². The second kappa shape index (κ2) is 8.51. The predicted molar refractivity (Wildman–Crippen MR) is 75.2 cm³/mol. The number of carbonyl (C=O) groups excluding carboxylic acids is 1. The van der Waals surface area contributed by atoms with Crippen LogP contribution >= 0.6 is 0 Å². The molecule has 0 aliphatic carbocycles. The monoisotopic (exact) mass is 272 g/mol. The molecular formula is C14H28N2O3. The Labute approximate surface area is 116 Å². The van der Waals surface area contributed by atoms with Crippen LogP contribution in [0.1, 0.15) is 33.1 Å². The minimum atomic E-state index is -0.555. The summed E-state index contributed by atoms with van der Waals surface area (Å²) < 4.78 is 10.4. The minimum absolute atomic E-state index is 0.149. The molecule has 1 aliphatic heterocycles. The van der Waals surface area contributed by atoms with Crippen molar-refractivity contribution in [2.75, 3.05) is 46.5 Å². The van der Waals surface area contributed by atoms with Crippen LogP contribution < -0.4 is 5.32 Å². The molecule has 5 nitrogen and oxygen atoms in total. The van der Waals surface area contributed by atoms with Gasteiger partial charge in [0.1, 0.15) is 5.54 Å². The molecule has 0 spiro atoms. The molecule has 0 amide bonds. The van der Waals surface area contributed by atoms with Gasteiger partial charge in [-0.05, 0) is 46.7 Å². The summed E-state index contributed by atoms with van der Waals surface area (Å²) >= 11 is 0. The summed E-state index contributed by atoms with van der Waals surface area (Å²) in [6.45, 7) is 9.03. The van der Waals surface area contributed by atoms with Gasteiger partial charge in [-0.2, -0.15) is 0 Å². The largest absolute Gasteiger partial charge is 0.465 e. The van der Waals surface area contributed by atoms with E-state index in [0.29, 0.717) is 6.61 Å². The summed E-state index contributed by atoms with van der Waals surface area (Å²) in [7, 11) is 1.82. The lowest BCUT2D eigenvalue weighted by molar-refractivity contribution is -0.150. The van der Waals surface area contributed by atoms with E-state index in [2.05, 4.69) is 10.2 Å². The molecule has 5 heteroatoms. The molecule has 1 rings (SSSR count). The van der Waals surface area contributed by atoms with Gasteiger partial charge in [-0.1, -0.05) is 0 Å². The zero-order chi connectivity index (χ0) is 14.1. The zero-order valence-electron chi connectivity index (χ0n) is 12.5. The van der Waals surface area contributed by atoms with Crippen LogP contribution in [0, 0.1) is 0 Å². The summed E-state index contributed by atoms with van der Waals surface area (Å²) in [5.74, 6) is -0.149. The van der Waals surface area contributed by atoms with Crippen LogP contribution in [0.2, 0.25) is 0 Å². The molecular weight excluding hydrogens is 244 g/mol. The van der Waals surface area contributed by atoms with Crippen molar-refractivity contribution < 1.29 is 14.3 Å². The highest BCUT2D eigenvalue weighted by Crippen LogP contribution is 2.16. The van der Waals surface area contributed by atoms with Crippen molar-refractivity contribution >= 4 is 5.97 Å². The van der Waals surface area contributed by atoms with E-state index < -0.39 is 5.54 Å². The Balaban J connectivity index is 2.23. The van der Waals surface area contributed by atoms with Gasteiger partial charge in [-0.25, -0.2) is 0 Å². The number of hydrogen-bond acceptors (Lipinski definition) is 5. The lowest BCUT2D eigenvalue weighted by Gasteiger charge is -2.28. The Bertz CT molecular complexity index is 267. The van der Waals surface area contributed by atoms with Crippen molar-refractivity contribution in [3.05, 3.63) is 0 Å². The topological polar surface area (TPSA) is 50.8 Å². The molecule has 0 bridgehead atoms. The second-order valence-electron chi connectivity index (χ2n) is 5.21. The highest BCUT2D eigenvalue weighted by molar-refractivity contribution is 5.80. The van der Waals surface area contributed by atoms with Gasteiger partial charge in [0.25, 0.3) is 0 Å². The van der Waals surface area contributed by atoms with Gasteiger partial charge in [0, 0.05) is 13.1 Å². The number of nitrogens with one attached hydrogen (secondary N) is 1. The van der Waals surface area contributed by atoms with E-state index in [1.807, 2.05) is 20.9 Å². The van der Waals surface area contributed by atoms with Gasteiger partial charge >= 0.3 is 5.97 Å². The molecule has 1 heterocycles. The number of likely N-dealkylation sites (N-methyl/N-ethyl adjacent to an activating group) is 1. The Hall–Kier alpha value is -0.650. The van der Waals surface area contributed by atoms with Gasteiger partial charge in [0.05, 0.1) is 19.8 Å². The first-order valence-electron chi connectivity index (χ1n) is 7.28. The fourth-order valence-corrected chi connectivity index (χ4v) is 2.26. The molecule has 1 fully saturated rings. The normalized spacial score (nSPS) is 19.9. The maximum atomic E-state index is 11.9. The van der Waals surface area contributed by atoms with Gasteiger partial charge in [-0.15, -0.1) is 0 Å². The van der Waals surface area contributed by atoms with E-state index in [-0.39, 0.29) is 5.97 Å². The first kappa shape index (κ1) is 16.4. The summed E-state index contributed by atoms with van der Waals surface area (Å²) in [6, 6.07) is 0. The molecule has 1 saturated heterocycles. The number of carbonyl (C=O) groups is 1. The Morgan fingerprint density at radius 1 is 1.37 bits per heavy atom. The number of morpholine rings is 1. The fraction of sp³-hybridized carbons (Fsp3) is 0.929. The predicted octanol–water partition coefficient (Wildman–Crippen LogP) is 1.03. The minimum Gasteiger partial charge on any atom is -0.465 e. The molecule has 0 aromatic heterocycles. The molecule has 1 aliphatic rings. The van der Waals surface area contributed by atoms with Crippen LogP contribution in [0.25, 0.3) is 0 Å². The lowest BCUT2D eigenvalue weighted by atomic mass is 9.95. The number of esters is 1. The van der Waals surface area contributed by atoms with Gasteiger partial charge < -0.3 is 14.8 Å². The average Bonchev–Trinajstić information content (AvgIpc) is 2.44. The number of hydrogen-bond donors (Lipinski definition) is 1. The maximum Gasteiger partial charge on any atom is 0.326 e. The molecule has 1 atom stereocenters. The first-order chi connectivity index (χ1) is 9.12. The van der Waals surface area contributed by atoms with Crippen molar-refractivity contribution in [2.24, 2.45) is 0 Å². The SMILES string of the molecule is CCOC(=O)C(C)(CCCCN1CCOCC1)NC. The molecule has 0 radical (unpaired) electrons. The molecule has 1 N–H and O–H groups in total. The molecule has 0 aromatic carbocycles. The van der Waals surface area contributed by atoms with E-state index in [4.69, 9.17) is 9.47 Å². The smallest absolute Gasteiger partial charge is 0.326 e. The third-order valence-electron chi connectivity index (χ3n) is 3.78. The molecule has 112 valence electrons. The quantitative estimate of drug-likeness (QED) is 0.528. The van der Waals surface area contributed by atoms with Crippen LogP contribution in [0.3, 0.4) is 0 Å².